The molecule has 0 heterocycles. The number of nitrogens with zero attached hydrogens (tertiary/aromatic N) is 3. The molecule has 0 aromatic heterocycles. The highest BCUT2D eigenvalue weighted by molar-refractivity contribution is 5.85. The summed E-state index contributed by atoms with van der Waals surface area (Å²) < 4.78 is 0. The van der Waals surface area contributed by atoms with Gasteiger partial charge in [0.25, 0.3) is 0 Å². The number of carbonyl (C=O) groups excluding carboxylic acids is 1. The lowest BCUT2D eigenvalue weighted by Crippen LogP contribution is -2.39. The zero-order valence-electron chi connectivity index (χ0n) is 11.6. The Morgan fingerprint density at radius 2 is 2.05 bits per heavy atom. The van der Waals surface area contributed by atoms with Crippen molar-refractivity contribution < 1.29 is 4.79 Å². The number of hydrogen-bond acceptors (Lipinski definition) is 3. The van der Waals surface area contributed by atoms with Crippen LogP contribution in [0.25, 0.3) is 0 Å². The molecule has 1 aromatic rings. The normalized spacial score (nSPS) is 16.1. The first-order valence-corrected chi connectivity index (χ1v) is 6.77. The lowest BCUT2D eigenvalue weighted by molar-refractivity contribution is -0.138. The number of benzene rings is 1. The van der Waals surface area contributed by atoms with Gasteiger partial charge < -0.3 is 4.90 Å². The van der Waals surface area contributed by atoms with Gasteiger partial charge in [-0.1, -0.05) is 25.0 Å². The number of rotatable bonds is 3. The van der Waals surface area contributed by atoms with Crippen LogP contribution >= 0.6 is 0 Å². The Labute approximate surface area is 119 Å². The molecule has 0 bridgehead atoms. The maximum atomic E-state index is 12.5. The lowest BCUT2D eigenvalue weighted by Gasteiger charge is -2.26. The Morgan fingerprint density at radius 1 is 1.35 bits per heavy atom. The molecule has 4 nitrogen and oxygen atoms in total. The van der Waals surface area contributed by atoms with Gasteiger partial charge >= 0.3 is 0 Å². The topological polar surface area (TPSA) is 67.9 Å². The third-order valence-electron chi connectivity index (χ3n) is 3.90. The van der Waals surface area contributed by atoms with Crippen molar-refractivity contribution in [2.75, 3.05) is 7.05 Å². The summed E-state index contributed by atoms with van der Waals surface area (Å²) in [4.78, 5) is 14.1. The molecule has 0 atom stereocenters. The Bertz CT molecular complexity index is 588. The summed E-state index contributed by atoms with van der Waals surface area (Å²) in [6.45, 7) is 0.428. The van der Waals surface area contributed by atoms with Gasteiger partial charge in [-0.3, -0.25) is 4.79 Å². The van der Waals surface area contributed by atoms with Crippen LogP contribution in [0.4, 0.5) is 0 Å². The van der Waals surface area contributed by atoms with Crippen molar-refractivity contribution in [3.05, 3.63) is 35.4 Å². The van der Waals surface area contributed by atoms with Crippen LogP contribution in [0, 0.1) is 28.1 Å². The number of nitriles is 2. The highest BCUT2D eigenvalue weighted by Crippen LogP contribution is 2.39. The summed E-state index contributed by atoms with van der Waals surface area (Å²) in [6, 6.07) is 11.5. The van der Waals surface area contributed by atoms with E-state index in [1.165, 1.54) is 0 Å². The van der Waals surface area contributed by atoms with Crippen molar-refractivity contribution in [3.8, 4) is 12.1 Å². The molecule has 1 aliphatic rings. The fourth-order valence-electron chi connectivity index (χ4n) is 2.80. The molecule has 0 aliphatic heterocycles. The van der Waals surface area contributed by atoms with Gasteiger partial charge in [0, 0.05) is 13.6 Å². The maximum absolute atomic E-state index is 12.5. The molecule has 0 unspecified atom stereocenters. The molecule has 1 amide bonds. The van der Waals surface area contributed by atoms with Gasteiger partial charge in [0.2, 0.25) is 5.91 Å². The zero-order chi connectivity index (χ0) is 14.6. The van der Waals surface area contributed by atoms with Crippen molar-refractivity contribution in [1.29, 1.82) is 10.5 Å². The van der Waals surface area contributed by atoms with Gasteiger partial charge in [0.1, 0.15) is 5.41 Å². The van der Waals surface area contributed by atoms with Crippen LogP contribution in [-0.4, -0.2) is 17.9 Å². The van der Waals surface area contributed by atoms with E-state index in [0.717, 1.165) is 18.4 Å². The second kappa shape index (κ2) is 5.75. The minimum atomic E-state index is -0.832. The average Bonchev–Trinajstić information content (AvgIpc) is 2.96. The van der Waals surface area contributed by atoms with Crippen LogP contribution < -0.4 is 0 Å². The predicted molar refractivity (Wildman–Crippen MR) is 74.1 cm³/mol. The van der Waals surface area contributed by atoms with Crippen molar-refractivity contribution >= 4 is 5.91 Å². The first kappa shape index (κ1) is 14.1. The van der Waals surface area contributed by atoms with E-state index in [1.54, 1.807) is 24.1 Å². The molecule has 0 N–H and O–H groups in total. The van der Waals surface area contributed by atoms with Crippen LogP contribution in [0.5, 0.6) is 0 Å². The summed E-state index contributed by atoms with van der Waals surface area (Å²) in [6.07, 6.45) is 3.20. The van der Waals surface area contributed by atoms with E-state index in [0.29, 0.717) is 24.9 Å². The third-order valence-corrected chi connectivity index (χ3v) is 3.90. The molecule has 1 aromatic carbocycles. The minimum absolute atomic E-state index is 0.0974. The van der Waals surface area contributed by atoms with Crippen LogP contribution in [0.1, 0.15) is 36.8 Å². The van der Waals surface area contributed by atoms with Gasteiger partial charge in [0.15, 0.2) is 0 Å². The number of carbonyl (C=O) groups is 1. The summed E-state index contributed by atoms with van der Waals surface area (Å²) in [5.74, 6) is -0.0974. The van der Waals surface area contributed by atoms with E-state index in [2.05, 4.69) is 12.1 Å². The molecule has 0 radical (unpaired) electrons. The molecular formula is C16H17N3O. The second-order valence-corrected chi connectivity index (χ2v) is 5.37. The molecule has 4 heteroatoms. The zero-order valence-corrected chi connectivity index (χ0v) is 11.6. The Morgan fingerprint density at radius 3 is 2.65 bits per heavy atom. The second-order valence-electron chi connectivity index (χ2n) is 5.37. The molecule has 102 valence electrons. The SMILES string of the molecule is CN(Cc1cccc(C#N)c1)C(=O)C1(C#N)CCCC1. The van der Waals surface area contributed by atoms with E-state index in [-0.39, 0.29) is 5.91 Å². The molecule has 0 saturated heterocycles. The molecular weight excluding hydrogens is 250 g/mol. The van der Waals surface area contributed by atoms with Gasteiger partial charge in [-0.25, -0.2) is 0 Å². The lowest BCUT2D eigenvalue weighted by atomic mass is 9.86. The maximum Gasteiger partial charge on any atom is 0.243 e. The predicted octanol–water partition coefficient (Wildman–Crippen LogP) is 2.60. The van der Waals surface area contributed by atoms with E-state index in [1.807, 2.05) is 12.1 Å². The standard InChI is InChI=1S/C16H17N3O/c1-19(11-14-6-4-5-13(9-14)10-17)15(20)16(12-18)7-2-3-8-16/h4-6,9H,2-3,7-8,11H2,1H3. The molecule has 1 aliphatic carbocycles. The van der Waals surface area contributed by atoms with Gasteiger partial charge in [-0.2, -0.15) is 10.5 Å². The van der Waals surface area contributed by atoms with Crippen molar-refractivity contribution in [2.24, 2.45) is 5.41 Å². The first-order valence-electron chi connectivity index (χ1n) is 6.77. The molecule has 1 fully saturated rings. The fourth-order valence-corrected chi connectivity index (χ4v) is 2.80. The van der Waals surface area contributed by atoms with Crippen LogP contribution in [-0.2, 0) is 11.3 Å². The summed E-state index contributed by atoms with van der Waals surface area (Å²) in [5.41, 5.74) is 0.659. The van der Waals surface area contributed by atoms with Crippen LogP contribution in [0.3, 0.4) is 0 Å². The first-order chi connectivity index (χ1) is 9.61. The average molecular weight is 267 g/mol. The van der Waals surface area contributed by atoms with Gasteiger partial charge in [0.05, 0.1) is 17.7 Å². The van der Waals surface area contributed by atoms with Gasteiger partial charge in [-0.15, -0.1) is 0 Å². The van der Waals surface area contributed by atoms with Crippen molar-refractivity contribution in [3.63, 3.8) is 0 Å². The van der Waals surface area contributed by atoms with E-state index >= 15 is 0 Å². The fraction of sp³-hybridized carbons (Fsp3) is 0.438. The smallest absolute Gasteiger partial charge is 0.243 e. The third kappa shape index (κ3) is 2.65. The highest BCUT2D eigenvalue weighted by Gasteiger charge is 2.43. The molecule has 20 heavy (non-hydrogen) atoms. The van der Waals surface area contributed by atoms with E-state index < -0.39 is 5.41 Å². The minimum Gasteiger partial charge on any atom is -0.340 e. The molecule has 1 saturated carbocycles. The van der Waals surface area contributed by atoms with Crippen LogP contribution in [0.2, 0.25) is 0 Å². The van der Waals surface area contributed by atoms with Gasteiger partial charge in [-0.05, 0) is 30.5 Å². The number of amides is 1. The van der Waals surface area contributed by atoms with Crippen LogP contribution in [0.15, 0.2) is 24.3 Å². The number of hydrogen-bond donors (Lipinski definition) is 0. The van der Waals surface area contributed by atoms with Crippen molar-refractivity contribution in [2.45, 2.75) is 32.2 Å². The Kier molecular flexibility index (Phi) is 4.05. The summed E-state index contributed by atoms with van der Waals surface area (Å²) in [7, 11) is 1.72. The highest BCUT2D eigenvalue weighted by atomic mass is 16.2. The summed E-state index contributed by atoms with van der Waals surface area (Å²) in [5, 5.41) is 18.2. The van der Waals surface area contributed by atoms with E-state index in [4.69, 9.17) is 5.26 Å². The van der Waals surface area contributed by atoms with Crippen molar-refractivity contribution in [1.82, 2.24) is 4.90 Å². The Hall–Kier alpha value is -2.33. The monoisotopic (exact) mass is 267 g/mol. The molecule has 2 rings (SSSR count). The summed E-state index contributed by atoms with van der Waals surface area (Å²) >= 11 is 0. The quantitative estimate of drug-likeness (QED) is 0.845. The largest absolute Gasteiger partial charge is 0.340 e. The van der Waals surface area contributed by atoms with E-state index in [9.17, 15) is 10.1 Å². The molecule has 0 spiro atoms. The Balaban J connectivity index is 2.12.